The van der Waals surface area contributed by atoms with E-state index in [0.29, 0.717) is 16.1 Å². The molecule has 0 aliphatic heterocycles. The number of aromatic nitrogens is 2. The Kier molecular flexibility index (Phi) is 5.39. The lowest BCUT2D eigenvalue weighted by molar-refractivity contribution is 0.395. The first-order valence-electron chi connectivity index (χ1n) is 5.69. The van der Waals surface area contributed by atoms with Gasteiger partial charge in [-0.2, -0.15) is 4.31 Å². The van der Waals surface area contributed by atoms with Crippen LogP contribution in [0.4, 0.5) is 0 Å². The minimum absolute atomic E-state index is 0. The third-order valence-electron chi connectivity index (χ3n) is 3.11. The molecule has 9 heteroatoms. The van der Waals surface area contributed by atoms with Gasteiger partial charge in [-0.3, -0.25) is 0 Å². The number of nitrogens with one attached hydrogen (secondary N) is 1. The van der Waals surface area contributed by atoms with Crippen LogP contribution in [0.15, 0.2) is 23.4 Å². The standard InChI is InChI=1S/C11H15ClN4O2S.ClH/c1-7(5-13)16(2)19(17,18)9-6-15-11-10(9)8(12)3-4-14-11;/h3-4,6-7H,5,13H2,1-2H3,(H,14,15);1H. The molecule has 112 valence electrons. The molecule has 0 aromatic carbocycles. The SMILES string of the molecule is CC(CN)N(C)S(=O)(=O)c1c[nH]c2nccc(Cl)c12.Cl. The molecule has 0 aliphatic rings. The molecule has 0 aliphatic carbocycles. The fourth-order valence-corrected chi connectivity index (χ4v) is 3.58. The highest BCUT2D eigenvalue weighted by Crippen LogP contribution is 2.30. The molecule has 2 aromatic rings. The number of pyridine rings is 1. The third kappa shape index (κ3) is 2.77. The van der Waals surface area contributed by atoms with Gasteiger partial charge in [0.1, 0.15) is 10.5 Å². The van der Waals surface area contributed by atoms with Gasteiger partial charge in [0.15, 0.2) is 0 Å². The van der Waals surface area contributed by atoms with Crippen molar-refractivity contribution in [3.05, 3.63) is 23.5 Å². The predicted molar refractivity (Wildman–Crippen MR) is 81.8 cm³/mol. The van der Waals surface area contributed by atoms with Crippen LogP contribution in [0, 0.1) is 0 Å². The number of fused-ring (bicyclic) bond motifs is 1. The van der Waals surface area contributed by atoms with Gasteiger partial charge >= 0.3 is 0 Å². The van der Waals surface area contributed by atoms with Crippen molar-refractivity contribution in [2.24, 2.45) is 5.73 Å². The molecule has 0 radical (unpaired) electrons. The summed E-state index contributed by atoms with van der Waals surface area (Å²) in [7, 11) is -2.16. The van der Waals surface area contributed by atoms with Gasteiger partial charge in [-0.1, -0.05) is 11.6 Å². The molecule has 2 aromatic heterocycles. The van der Waals surface area contributed by atoms with Crippen LogP contribution in [0.25, 0.3) is 11.0 Å². The monoisotopic (exact) mass is 338 g/mol. The Morgan fingerprint density at radius 3 is 2.80 bits per heavy atom. The van der Waals surface area contributed by atoms with Crippen molar-refractivity contribution in [1.82, 2.24) is 14.3 Å². The summed E-state index contributed by atoms with van der Waals surface area (Å²) in [6, 6.07) is 1.26. The molecule has 0 fully saturated rings. The fourth-order valence-electron chi connectivity index (χ4n) is 1.73. The van der Waals surface area contributed by atoms with Crippen LogP contribution >= 0.6 is 24.0 Å². The fraction of sp³-hybridized carbons (Fsp3) is 0.364. The Labute approximate surface area is 128 Å². The van der Waals surface area contributed by atoms with E-state index < -0.39 is 10.0 Å². The molecular formula is C11H16Cl2N4O2S. The van der Waals surface area contributed by atoms with Crippen molar-refractivity contribution in [3.63, 3.8) is 0 Å². The first-order valence-corrected chi connectivity index (χ1v) is 7.51. The van der Waals surface area contributed by atoms with Gasteiger partial charge in [0.2, 0.25) is 10.0 Å². The van der Waals surface area contributed by atoms with E-state index >= 15 is 0 Å². The zero-order chi connectivity index (χ0) is 14.2. The summed E-state index contributed by atoms with van der Waals surface area (Å²) in [6.07, 6.45) is 2.92. The van der Waals surface area contributed by atoms with Crippen molar-refractivity contribution < 1.29 is 8.42 Å². The molecule has 6 nitrogen and oxygen atoms in total. The molecule has 1 unspecified atom stereocenters. The number of aromatic amines is 1. The first kappa shape index (κ1) is 17.2. The van der Waals surface area contributed by atoms with E-state index in [2.05, 4.69) is 9.97 Å². The zero-order valence-corrected chi connectivity index (χ0v) is 13.4. The van der Waals surface area contributed by atoms with Crippen LogP contribution in [0.3, 0.4) is 0 Å². The average Bonchev–Trinajstić information content (AvgIpc) is 2.83. The molecule has 0 spiro atoms. The van der Waals surface area contributed by atoms with Crippen LogP contribution in [0.5, 0.6) is 0 Å². The Morgan fingerprint density at radius 2 is 2.20 bits per heavy atom. The Balaban J connectivity index is 0.00000200. The Hall–Kier alpha value is -0.860. The van der Waals surface area contributed by atoms with Gasteiger partial charge in [-0.05, 0) is 13.0 Å². The topological polar surface area (TPSA) is 92.1 Å². The molecule has 0 saturated heterocycles. The number of likely N-dealkylation sites (N-methyl/N-ethyl adjacent to an activating group) is 1. The number of nitrogens with two attached hydrogens (primary N) is 1. The number of H-pyrrole nitrogens is 1. The van der Waals surface area contributed by atoms with E-state index in [4.69, 9.17) is 17.3 Å². The van der Waals surface area contributed by atoms with E-state index in [-0.39, 0.29) is 29.9 Å². The number of hydrogen-bond acceptors (Lipinski definition) is 4. The minimum atomic E-state index is -3.66. The van der Waals surface area contributed by atoms with Crippen LogP contribution in [-0.2, 0) is 10.0 Å². The maximum Gasteiger partial charge on any atom is 0.245 e. The first-order chi connectivity index (χ1) is 8.89. The molecule has 1 atom stereocenters. The Bertz CT molecular complexity index is 702. The van der Waals surface area contributed by atoms with Gasteiger partial charge in [0, 0.05) is 32.0 Å². The summed E-state index contributed by atoms with van der Waals surface area (Å²) in [5, 5.41) is 0.749. The molecule has 3 N–H and O–H groups in total. The highest BCUT2D eigenvalue weighted by atomic mass is 35.5. The predicted octanol–water partition coefficient (Wildman–Crippen LogP) is 1.61. The normalized spacial score (nSPS) is 13.4. The minimum Gasteiger partial charge on any atom is -0.345 e. The maximum absolute atomic E-state index is 12.5. The van der Waals surface area contributed by atoms with E-state index in [1.54, 1.807) is 13.0 Å². The summed E-state index contributed by atoms with van der Waals surface area (Å²) in [6.45, 7) is 1.98. The lowest BCUT2D eigenvalue weighted by Gasteiger charge is -2.22. The van der Waals surface area contributed by atoms with E-state index in [1.807, 2.05) is 0 Å². The summed E-state index contributed by atoms with van der Waals surface area (Å²) in [4.78, 5) is 6.98. The summed E-state index contributed by atoms with van der Waals surface area (Å²) in [5.74, 6) is 0. The second-order valence-corrected chi connectivity index (χ2v) is 6.65. The molecule has 0 saturated carbocycles. The summed E-state index contributed by atoms with van der Waals surface area (Å²) < 4.78 is 26.3. The number of sulfonamides is 1. The van der Waals surface area contributed by atoms with Crippen molar-refractivity contribution >= 4 is 45.1 Å². The second kappa shape index (κ2) is 6.28. The van der Waals surface area contributed by atoms with E-state index in [1.165, 1.54) is 23.7 Å². The molecule has 0 amide bonds. The third-order valence-corrected chi connectivity index (χ3v) is 5.42. The number of rotatable bonds is 4. The van der Waals surface area contributed by atoms with Crippen LogP contribution in [0.2, 0.25) is 5.02 Å². The van der Waals surface area contributed by atoms with Crippen LogP contribution < -0.4 is 5.73 Å². The summed E-state index contributed by atoms with van der Waals surface area (Å²) in [5.41, 5.74) is 5.96. The zero-order valence-electron chi connectivity index (χ0n) is 11.0. The van der Waals surface area contributed by atoms with Crippen molar-refractivity contribution in [2.45, 2.75) is 17.9 Å². The number of nitrogens with zero attached hydrogens (tertiary/aromatic N) is 2. The summed E-state index contributed by atoms with van der Waals surface area (Å²) >= 11 is 6.06. The Morgan fingerprint density at radius 1 is 1.55 bits per heavy atom. The quantitative estimate of drug-likeness (QED) is 0.885. The van der Waals surface area contributed by atoms with Gasteiger partial charge in [0.05, 0.1) is 10.4 Å². The van der Waals surface area contributed by atoms with E-state index in [0.717, 1.165) is 0 Å². The lowest BCUT2D eigenvalue weighted by atomic mass is 10.3. The van der Waals surface area contributed by atoms with E-state index in [9.17, 15) is 8.42 Å². The molecule has 2 rings (SSSR count). The molecular weight excluding hydrogens is 323 g/mol. The largest absolute Gasteiger partial charge is 0.345 e. The van der Waals surface area contributed by atoms with Crippen LogP contribution in [0.1, 0.15) is 6.92 Å². The average molecular weight is 339 g/mol. The number of hydrogen-bond donors (Lipinski definition) is 2. The van der Waals surface area contributed by atoms with Crippen LogP contribution in [-0.4, -0.2) is 42.3 Å². The second-order valence-electron chi connectivity index (χ2n) is 4.28. The highest BCUT2D eigenvalue weighted by Gasteiger charge is 2.28. The smallest absolute Gasteiger partial charge is 0.245 e. The van der Waals surface area contributed by atoms with Crippen molar-refractivity contribution in [2.75, 3.05) is 13.6 Å². The van der Waals surface area contributed by atoms with Gasteiger partial charge in [0.25, 0.3) is 0 Å². The lowest BCUT2D eigenvalue weighted by Crippen LogP contribution is -2.39. The van der Waals surface area contributed by atoms with Gasteiger partial charge in [-0.25, -0.2) is 13.4 Å². The van der Waals surface area contributed by atoms with Crippen molar-refractivity contribution in [3.8, 4) is 0 Å². The number of halogens is 2. The maximum atomic E-state index is 12.5. The highest BCUT2D eigenvalue weighted by molar-refractivity contribution is 7.89. The molecule has 20 heavy (non-hydrogen) atoms. The molecule has 0 bridgehead atoms. The van der Waals surface area contributed by atoms with Gasteiger partial charge < -0.3 is 10.7 Å². The van der Waals surface area contributed by atoms with Crippen molar-refractivity contribution in [1.29, 1.82) is 0 Å². The van der Waals surface area contributed by atoms with Gasteiger partial charge in [-0.15, -0.1) is 12.4 Å². The molecule has 2 heterocycles.